The maximum absolute atomic E-state index is 14.4. The van der Waals surface area contributed by atoms with Crippen molar-refractivity contribution >= 4 is 22.5 Å². The third-order valence-electron chi connectivity index (χ3n) is 3.02. The van der Waals surface area contributed by atoms with Gasteiger partial charge in [-0.2, -0.15) is 5.10 Å². The highest BCUT2D eigenvalue weighted by atomic mass is 19.1. The maximum atomic E-state index is 14.4. The van der Waals surface area contributed by atoms with Crippen LogP contribution in [0, 0.1) is 11.6 Å². The molecule has 2 heterocycles. The van der Waals surface area contributed by atoms with Crippen molar-refractivity contribution in [2.75, 3.05) is 6.61 Å². The predicted octanol–water partition coefficient (Wildman–Crippen LogP) is 1.63. The molecule has 21 heavy (non-hydrogen) atoms. The molecule has 0 radical (unpaired) electrons. The summed E-state index contributed by atoms with van der Waals surface area (Å²) in [6.07, 6.45) is 0.862. The summed E-state index contributed by atoms with van der Waals surface area (Å²) in [5, 5.41) is 3.70. The van der Waals surface area contributed by atoms with E-state index in [1.807, 2.05) is 0 Å². The van der Waals surface area contributed by atoms with Gasteiger partial charge in [0.1, 0.15) is 5.52 Å². The molecule has 0 aliphatic carbocycles. The highest BCUT2D eigenvalue weighted by molar-refractivity contribution is 5.94. The van der Waals surface area contributed by atoms with Crippen molar-refractivity contribution in [2.24, 2.45) is 0 Å². The van der Waals surface area contributed by atoms with Crippen molar-refractivity contribution in [1.82, 2.24) is 14.6 Å². The highest BCUT2D eigenvalue weighted by Crippen LogP contribution is 2.20. The SMILES string of the molecule is CCOC(=O)c1ccc2c([nH]c(=O)c3c(F)cnn32)c1F. The molecule has 3 aromatic rings. The Morgan fingerprint density at radius 1 is 1.43 bits per heavy atom. The molecule has 0 saturated heterocycles. The van der Waals surface area contributed by atoms with Gasteiger partial charge >= 0.3 is 5.97 Å². The molecule has 0 aliphatic heterocycles. The number of ether oxygens (including phenoxy) is 1. The summed E-state index contributed by atoms with van der Waals surface area (Å²) in [6, 6.07) is 2.56. The Hall–Kier alpha value is -2.77. The molecule has 2 aromatic heterocycles. The molecule has 0 unspecified atom stereocenters. The number of H-pyrrole nitrogens is 1. The number of nitrogens with zero attached hydrogens (tertiary/aromatic N) is 2. The molecular weight excluding hydrogens is 284 g/mol. The first-order valence-corrected chi connectivity index (χ1v) is 6.09. The number of nitrogens with one attached hydrogen (secondary N) is 1. The molecule has 0 aliphatic rings. The van der Waals surface area contributed by atoms with Crippen LogP contribution in [-0.4, -0.2) is 27.2 Å². The van der Waals surface area contributed by atoms with Crippen LogP contribution in [0.5, 0.6) is 0 Å². The van der Waals surface area contributed by atoms with Gasteiger partial charge in [-0.1, -0.05) is 0 Å². The van der Waals surface area contributed by atoms with E-state index in [0.717, 1.165) is 10.7 Å². The van der Waals surface area contributed by atoms with Crippen LogP contribution in [0.25, 0.3) is 16.6 Å². The van der Waals surface area contributed by atoms with Crippen LogP contribution in [0.3, 0.4) is 0 Å². The van der Waals surface area contributed by atoms with Crippen LogP contribution in [0.15, 0.2) is 23.1 Å². The van der Waals surface area contributed by atoms with Gasteiger partial charge in [-0.15, -0.1) is 0 Å². The molecule has 0 fully saturated rings. The molecule has 3 rings (SSSR count). The van der Waals surface area contributed by atoms with E-state index >= 15 is 0 Å². The Morgan fingerprint density at radius 3 is 2.90 bits per heavy atom. The number of fused-ring (bicyclic) bond motifs is 3. The van der Waals surface area contributed by atoms with E-state index in [-0.39, 0.29) is 28.7 Å². The normalized spacial score (nSPS) is 11.2. The molecule has 0 bridgehead atoms. The molecule has 108 valence electrons. The zero-order chi connectivity index (χ0) is 15.1. The first kappa shape index (κ1) is 13.2. The van der Waals surface area contributed by atoms with Crippen molar-refractivity contribution in [2.45, 2.75) is 6.92 Å². The summed E-state index contributed by atoms with van der Waals surface area (Å²) in [5.74, 6) is -2.60. The minimum atomic E-state index is -0.944. The summed E-state index contributed by atoms with van der Waals surface area (Å²) in [7, 11) is 0. The summed E-state index contributed by atoms with van der Waals surface area (Å²) in [6.45, 7) is 1.69. The van der Waals surface area contributed by atoms with Gasteiger partial charge in [0.05, 0.1) is 23.9 Å². The number of esters is 1. The number of hydrogen-bond acceptors (Lipinski definition) is 4. The van der Waals surface area contributed by atoms with Crippen LogP contribution in [0.2, 0.25) is 0 Å². The first-order chi connectivity index (χ1) is 10.0. The molecule has 0 atom stereocenters. The summed E-state index contributed by atoms with van der Waals surface area (Å²) >= 11 is 0. The number of halogens is 2. The fraction of sp³-hybridized carbons (Fsp3) is 0.154. The minimum absolute atomic E-state index is 0.0935. The van der Waals surface area contributed by atoms with Gasteiger partial charge in [-0.3, -0.25) is 4.79 Å². The van der Waals surface area contributed by atoms with Crippen LogP contribution in [0.1, 0.15) is 17.3 Å². The Labute approximate surface area is 116 Å². The molecule has 0 amide bonds. The van der Waals surface area contributed by atoms with E-state index < -0.39 is 23.2 Å². The predicted molar refractivity (Wildman–Crippen MR) is 69.2 cm³/mol. The van der Waals surface area contributed by atoms with Crippen molar-refractivity contribution in [3.05, 3.63) is 45.9 Å². The van der Waals surface area contributed by atoms with E-state index in [0.29, 0.717) is 0 Å². The average Bonchev–Trinajstić information content (AvgIpc) is 2.83. The van der Waals surface area contributed by atoms with Gasteiger partial charge in [-0.25, -0.2) is 18.1 Å². The Balaban J connectivity index is 2.37. The lowest BCUT2D eigenvalue weighted by Crippen LogP contribution is -2.15. The summed E-state index contributed by atoms with van der Waals surface area (Å²) < 4.78 is 33.5. The molecule has 6 nitrogen and oxygen atoms in total. The van der Waals surface area contributed by atoms with E-state index in [4.69, 9.17) is 4.74 Å². The topological polar surface area (TPSA) is 76.5 Å². The number of benzene rings is 1. The smallest absolute Gasteiger partial charge is 0.341 e. The third-order valence-corrected chi connectivity index (χ3v) is 3.02. The van der Waals surface area contributed by atoms with E-state index in [1.54, 1.807) is 6.92 Å². The molecular formula is C13H9F2N3O3. The molecule has 1 aromatic carbocycles. The van der Waals surface area contributed by atoms with Gasteiger partial charge in [0.2, 0.25) is 0 Å². The zero-order valence-corrected chi connectivity index (χ0v) is 10.8. The number of hydrogen-bond donors (Lipinski definition) is 1. The van der Waals surface area contributed by atoms with E-state index in [2.05, 4.69) is 10.1 Å². The van der Waals surface area contributed by atoms with Gasteiger partial charge in [0.25, 0.3) is 5.56 Å². The first-order valence-electron chi connectivity index (χ1n) is 6.09. The van der Waals surface area contributed by atoms with Crippen molar-refractivity contribution in [1.29, 1.82) is 0 Å². The fourth-order valence-electron chi connectivity index (χ4n) is 2.12. The monoisotopic (exact) mass is 293 g/mol. The van der Waals surface area contributed by atoms with Gasteiger partial charge < -0.3 is 9.72 Å². The Bertz CT molecular complexity index is 930. The van der Waals surface area contributed by atoms with E-state index in [9.17, 15) is 18.4 Å². The second-order valence-corrected chi connectivity index (χ2v) is 4.25. The lowest BCUT2D eigenvalue weighted by molar-refractivity contribution is 0.0521. The fourth-order valence-corrected chi connectivity index (χ4v) is 2.12. The van der Waals surface area contributed by atoms with Crippen LogP contribution in [-0.2, 0) is 4.74 Å². The van der Waals surface area contributed by atoms with Crippen molar-refractivity contribution in [3.8, 4) is 0 Å². The van der Waals surface area contributed by atoms with Crippen LogP contribution in [0.4, 0.5) is 8.78 Å². The third kappa shape index (κ3) is 1.87. The summed E-state index contributed by atoms with van der Waals surface area (Å²) in [5.41, 5.74) is -1.56. The van der Waals surface area contributed by atoms with Crippen molar-refractivity contribution in [3.63, 3.8) is 0 Å². The minimum Gasteiger partial charge on any atom is -0.462 e. The molecule has 8 heteroatoms. The van der Waals surface area contributed by atoms with Crippen LogP contribution >= 0.6 is 0 Å². The van der Waals surface area contributed by atoms with Gasteiger partial charge in [0, 0.05) is 0 Å². The quantitative estimate of drug-likeness (QED) is 0.729. The summed E-state index contributed by atoms with van der Waals surface area (Å²) in [4.78, 5) is 25.6. The standard InChI is InChI=1S/C13H9F2N3O3/c1-2-21-13(20)6-3-4-8-10(9(6)15)17-12(19)11-7(14)5-16-18(8)11/h3-5H,2H2,1H3,(H,17,19). The number of aromatic amines is 1. The second-order valence-electron chi connectivity index (χ2n) is 4.25. The zero-order valence-electron chi connectivity index (χ0n) is 10.8. The Morgan fingerprint density at radius 2 is 2.19 bits per heavy atom. The van der Waals surface area contributed by atoms with Crippen LogP contribution < -0.4 is 5.56 Å². The highest BCUT2D eigenvalue weighted by Gasteiger charge is 2.19. The number of carbonyl (C=O) groups is 1. The largest absolute Gasteiger partial charge is 0.462 e. The van der Waals surface area contributed by atoms with Crippen molar-refractivity contribution < 1.29 is 18.3 Å². The number of rotatable bonds is 2. The lowest BCUT2D eigenvalue weighted by Gasteiger charge is -2.07. The van der Waals surface area contributed by atoms with E-state index in [1.165, 1.54) is 12.1 Å². The molecule has 0 spiro atoms. The average molecular weight is 293 g/mol. The Kier molecular flexibility index (Phi) is 2.93. The van der Waals surface area contributed by atoms with Gasteiger partial charge in [0.15, 0.2) is 17.2 Å². The number of aromatic nitrogens is 3. The molecule has 1 N–H and O–H groups in total. The van der Waals surface area contributed by atoms with Gasteiger partial charge in [-0.05, 0) is 19.1 Å². The lowest BCUT2D eigenvalue weighted by atomic mass is 10.1. The molecule has 0 saturated carbocycles. The second kappa shape index (κ2) is 4.65. The number of carbonyl (C=O) groups excluding carboxylic acids is 1. The maximum Gasteiger partial charge on any atom is 0.341 e.